The third-order valence-corrected chi connectivity index (χ3v) is 3.50. The van der Waals surface area contributed by atoms with Crippen molar-refractivity contribution in [1.29, 1.82) is 0 Å². The summed E-state index contributed by atoms with van der Waals surface area (Å²) in [5.74, 6) is -1.04. The number of carbonyl (C=O) groups excluding carboxylic acids is 1. The normalized spacial score (nSPS) is 21.3. The van der Waals surface area contributed by atoms with Crippen LogP contribution >= 0.6 is 0 Å². The lowest BCUT2D eigenvalue weighted by Gasteiger charge is -2.26. The van der Waals surface area contributed by atoms with Gasteiger partial charge in [-0.3, -0.25) is 4.90 Å². The quantitative estimate of drug-likeness (QED) is 0.922. The smallest absolute Gasteiger partial charge is 0.411 e. The van der Waals surface area contributed by atoms with Gasteiger partial charge >= 0.3 is 12.1 Å². The largest absolute Gasteiger partial charge is 0.480 e. The highest BCUT2D eigenvalue weighted by molar-refractivity contribution is 5.81. The third kappa shape index (κ3) is 4.96. The predicted molar refractivity (Wildman–Crippen MR) is 84.0 cm³/mol. The molecule has 2 rings (SSSR count). The monoisotopic (exact) mass is 321 g/mol. The molecule has 0 spiro atoms. The number of aliphatic carboxylic acids is 1. The van der Waals surface area contributed by atoms with E-state index in [1.807, 2.05) is 30.3 Å². The minimum Gasteiger partial charge on any atom is -0.480 e. The van der Waals surface area contributed by atoms with E-state index in [2.05, 4.69) is 0 Å². The number of amides is 1. The summed E-state index contributed by atoms with van der Waals surface area (Å²) in [5.41, 5.74) is 0.346. The molecule has 1 aliphatic heterocycles. The maximum atomic E-state index is 12.2. The lowest BCUT2D eigenvalue weighted by Crippen LogP contribution is -2.43. The summed E-state index contributed by atoms with van der Waals surface area (Å²) in [6, 6.07) is 8.72. The Kier molecular flexibility index (Phi) is 5.26. The van der Waals surface area contributed by atoms with Crippen LogP contribution in [0.1, 0.15) is 32.8 Å². The molecule has 2 atom stereocenters. The van der Waals surface area contributed by atoms with Gasteiger partial charge in [0.1, 0.15) is 11.6 Å². The first-order valence-electron chi connectivity index (χ1n) is 7.64. The molecule has 1 N–H and O–H groups in total. The van der Waals surface area contributed by atoms with Crippen molar-refractivity contribution in [3.8, 4) is 0 Å². The van der Waals surface area contributed by atoms with E-state index in [0.29, 0.717) is 6.61 Å². The Morgan fingerprint density at radius 3 is 2.48 bits per heavy atom. The van der Waals surface area contributed by atoms with Gasteiger partial charge in [-0.2, -0.15) is 0 Å². The van der Waals surface area contributed by atoms with E-state index in [-0.39, 0.29) is 19.1 Å². The van der Waals surface area contributed by atoms with Crippen LogP contribution in [0.2, 0.25) is 0 Å². The molecular weight excluding hydrogens is 298 g/mol. The zero-order valence-electron chi connectivity index (χ0n) is 13.7. The van der Waals surface area contributed by atoms with Crippen molar-refractivity contribution in [3.05, 3.63) is 35.9 Å². The number of likely N-dealkylation sites (tertiary alicyclic amines) is 1. The standard InChI is InChI=1S/C17H23NO5/c1-17(2,3)23-16(21)18-10-13(9-14(18)15(19)20)22-11-12-7-5-4-6-8-12/h4-8,13-14H,9-11H2,1-3H3,(H,19,20)/t13-,14-/m0/s1. The van der Waals surface area contributed by atoms with Crippen molar-refractivity contribution in [2.45, 2.75) is 51.5 Å². The molecule has 126 valence electrons. The molecule has 6 heteroatoms. The van der Waals surface area contributed by atoms with Crippen LogP contribution < -0.4 is 0 Å². The minimum atomic E-state index is -1.04. The zero-order valence-corrected chi connectivity index (χ0v) is 13.7. The molecule has 0 bridgehead atoms. The summed E-state index contributed by atoms with van der Waals surface area (Å²) >= 11 is 0. The first-order chi connectivity index (χ1) is 10.8. The summed E-state index contributed by atoms with van der Waals surface area (Å²) in [4.78, 5) is 24.8. The first-order valence-corrected chi connectivity index (χ1v) is 7.64. The van der Waals surface area contributed by atoms with Gasteiger partial charge in [0.05, 0.1) is 19.3 Å². The van der Waals surface area contributed by atoms with Gasteiger partial charge in [-0.25, -0.2) is 9.59 Å². The molecule has 1 fully saturated rings. The van der Waals surface area contributed by atoms with Crippen LogP contribution in [0.4, 0.5) is 4.79 Å². The van der Waals surface area contributed by atoms with Crippen molar-refractivity contribution in [2.75, 3.05) is 6.54 Å². The van der Waals surface area contributed by atoms with Gasteiger partial charge in [0, 0.05) is 6.42 Å². The maximum absolute atomic E-state index is 12.2. The molecule has 0 aliphatic carbocycles. The van der Waals surface area contributed by atoms with Gasteiger partial charge in [0.15, 0.2) is 0 Å². The number of hydrogen-bond acceptors (Lipinski definition) is 4. The molecule has 0 aromatic heterocycles. The number of carbonyl (C=O) groups is 2. The number of rotatable bonds is 4. The van der Waals surface area contributed by atoms with E-state index in [0.717, 1.165) is 5.56 Å². The van der Waals surface area contributed by atoms with Crippen LogP contribution in [0, 0.1) is 0 Å². The van der Waals surface area contributed by atoms with E-state index < -0.39 is 23.7 Å². The summed E-state index contributed by atoms with van der Waals surface area (Å²) in [6.45, 7) is 5.86. The highest BCUT2D eigenvalue weighted by atomic mass is 16.6. The topological polar surface area (TPSA) is 76.1 Å². The molecule has 0 saturated carbocycles. The third-order valence-electron chi connectivity index (χ3n) is 3.50. The average Bonchev–Trinajstić information content (AvgIpc) is 2.89. The Bertz CT molecular complexity index is 552. The summed E-state index contributed by atoms with van der Waals surface area (Å²) in [6.07, 6.45) is -0.666. The average molecular weight is 321 g/mol. The lowest BCUT2D eigenvalue weighted by atomic mass is 10.2. The highest BCUT2D eigenvalue weighted by Crippen LogP contribution is 2.24. The Balaban J connectivity index is 1.97. The van der Waals surface area contributed by atoms with Gasteiger partial charge in [0.2, 0.25) is 0 Å². The van der Waals surface area contributed by atoms with Crippen LogP contribution in [0.3, 0.4) is 0 Å². The minimum absolute atomic E-state index is 0.221. The van der Waals surface area contributed by atoms with E-state index in [1.165, 1.54) is 4.90 Å². The molecule has 0 radical (unpaired) electrons. The molecule has 1 amide bonds. The molecule has 1 aromatic carbocycles. The van der Waals surface area contributed by atoms with Crippen LogP contribution in [0.25, 0.3) is 0 Å². The number of ether oxygens (including phenoxy) is 2. The Hall–Kier alpha value is -2.08. The SMILES string of the molecule is CC(C)(C)OC(=O)N1C[C@@H](OCc2ccccc2)C[C@H]1C(=O)O. The second-order valence-corrected chi connectivity index (χ2v) is 6.64. The van der Waals surface area contributed by atoms with E-state index in [1.54, 1.807) is 20.8 Å². The van der Waals surface area contributed by atoms with Crippen molar-refractivity contribution >= 4 is 12.1 Å². The number of hydrogen-bond donors (Lipinski definition) is 1. The molecule has 23 heavy (non-hydrogen) atoms. The summed E-state index contributed by atoms with van der Waals surface area (Å²) in [5, 5.41) is 9.33. The van der Waals surface area contributed by atoms with Crippen molar-refractivity contribution in [3.63, 3.8) is 0 Å². The molecule has 0 unspecified atom stereocenters. The first kappa shape index (κ1) is 17.3. The number of carboxylic acid groups (broad SMARTS) is 1. The fourth-order valence-corrected chi connectivity index (χ4v) is 2.46. The molecule has 1 heterocycles. The van der Waals surface area contributed by atoms with E-state index >= 15 is 0 Å². The van der Waals surface area contributed by atoms with Crippen LogP contribution in [-0.2, 0) is 20.9 Å². The fraction of sp³-hybridized carbons (Fsp3) is 0.529. The Morgan fingerprint density at radius 1 is 1.26 bits per heavy atom. The lowest BCUT2D eigenvalue weighted by molar-refractivity contribution is -0.142. The van der Waals surface area contributed by atoms with Gasteiger partial charge in [-0.05, 0) is 26.3 Å². The van der Waals surface area contributed by atoms with Gasteiger partial charge in [0.25, 0.3) is 0 Å². The van der Waals surface area contributed by atoms with Gasteiger partial charge < -0.3 is 14.6 Å². The fourth-order valence-electron chi connectivity index (χ4n) is 2.46. The predicted octanol–water partition coefficient (Wildman–Crippen LogP) is 2.67. The molecule has 6 nitrogen and oxygen atoms in total. The number of carboxylic acids is 1. The number of nitrogens with zero attached hydrogens (tertiary/aromatic N) is 1. The van der Waals surface area contributed by atoms with Gasteiger partial charge in [-0.1, -0.05) is 30.3 Å². The van der Waals surface area contributed by atoms with E-state index in [9.17, 15) is 14.7 Å². The van der Waals surface area contributed by atoms with Gasteiger partial charge in [-0.15, -0.1) is 0 Å². The van der Waals surface area contributed by atoms with E-state index in [4.69, 9.17) is 9.47 Å². The molecule has 1 saturated heterocycles. The highest BCUT2D eigenvalue weighted by Gasteiger charge is 2.42. The summed E-state index contributed by atoms with van der Waals surface area (Å²) < 4.78 is 11.0. The number of benzene rings is 1. The Morgan fingerprint density at radius 2 is 1.91 bits per heavy atom. The Labute approximate surface area is 136 Å². The second kappa shape index (κ2) is 7.00. The molecule has 1 aromatic rings. The molecule has 1 aliphatic rings. The van der Waals surface area contributed by atoms with Crippen LogP contribution in [0.5, 0.6) is 0 Å². The van der Waals surface area contributed by atoms with Crippen molar-refractivity contribution in [1.82, 2.24) is 4.90 Å². The zero-order chi connectivity index (χ0) is 17.0. The van der Waals surface area contributed by atoms with Crippen LogP contribution in [-0.4, -0.2) is 46.4 Å². The van der Waals surface area contributed by atoms with Crippen LogP contribution in [0.15, 0.2) is 30.3 Å². The molecular formula is C17H23NO5. The summed E-state index contributed by atoms with van der Waals surface area (Å²) in [7, 11) is 0. The maximum Gasteiger partial charge on any atom is 0.411 e. The second-order valence-electron chi connectivity index (χ2n) is 6.64. The van der Waals surface area contributed by atoms with Crippen molar-refractivity contribution in [2.24, 2.45) is 0 Å². The van der Waals surface area contributed by atoms with Crippen molar-refractivity contribution < 1.29 is 24.2 Å².